The van der Waals surface area contributed by atoms with Crippen molar-refractivity contribution in [1.29, 1.82) is 0 Å². The van der Waals surface area contributed by atoms with Gasteiger partial charge in [0.15, 0.2) is 0 Å². The van der Waals surface area contributed by atoms with Crippen LogP contribution in [0.5, 0.6) is 5.75 Å². The summed E-state index contributed by atoms with van der Waals surface area (Å²) >= 11 is 5.86. The number of para-hydroxylation sites is 1. The van der Waals surface area contributed by atoms with Gasteiger partial charge in [-0.15, -0.1) is 0 Å². The van der Waals surface area contributed by atoms with Gasteiger partial charge in [0, 0.05) is 5.02 Å². The third-order valence-electron chi connectivity index (χ3n) is 2.58. The molecular weight excluding hydrogens is 276 g/mol. The van der Waals surface area contributed by atoms with E-state index in [2.05, 4.69) is 10.5 Å². The summed E-state index contributed by atoms with van der Waals surface area (Å²) in [6, 6.07) is 14.1. The average Bonchev–Trinajstić information content (AvgIpc) is 2.47. The molecule has 5 heteroatoms. The van der Waals surface area contributed by atoms with Gasteiger partial charge in [0.25, 0.3) is 5.91 Å². The first-order valence-electron chi connectivity index (χ1n) is 5.92. The zero-order valence-corrected chi connectivity index (χ0v) is 11.6. The highest BCUT2D eigenvalue weighted by Gasteiger charge is 2.09. The highest BCUT2D eigenvalue weighted by atomic mass is 35.5. The molecule has 0 radical (unpaired) electrons. The molecule has 1 amide bonds. The smallest absolute Gasteiger partial charge is 0.275 e. The molecule has 4 nitrogen and oxygen atoms in total. The van der Waals surface area contributed by atoms with E-state index in [4.69, 9.17) is 16.3 Å². The zero-order valence-electron chi connectivity index (χ0n) is 10.8. The Labute approximate surface area is 122 Å². The van der Waals surface area contributed by atoms with Gasteiger partial charge in [-0.05, 0) is 29.8 Å². The van der Waals surface area contributed by atoms with E-state index in [1.54, 1.807) is 36.4 Å². The van der Waals surface area contributed by atoms with E-state index in [1.807, 2.05) is 12.1 Å². The van der Waals surface area contributed by atoms with E-state index in [1.165, 1.54) is 13.3 Å². The first kappa shape index (κ1) is 14.1. The maximum Gasteiger partial charge on any atom is 0.275 e. The lowest BCUT2D eigenvalue weighted by Crippen LogP contribution is -2.18. The molecule has 0 aliphatic carbocycles. The van der Waals surface area contributed by atoms with Crippen molar-refractivity contribution in [2.24, 2.45) is 5.10 Å². The molecule has 0 bridgehead atoms. The molecule has 0 atom stereocenters. The van der Waals surface area contributed by atoms with Crippen LogP contribution in [0.25, 0.3) is 0 Å². The minimum atomic E-state index is -0.333. The maximum absolute atomic E-state index is 12.0. The van der Waals surface area contributed by atoms with Crippen molar-refractivity contribution in [2.45, 2.75) is 0 Å². The van der Waals surface area contributed by atoms with Crippen LogP contribution in [0.15, 0.2) is 53.6 Å². The number of amides is 1. The molecule has 0 unspecified atom stereocenters. The van der Waals surface area contributed by atoms with E-state index in [-0.39, 0.29) is 5.91 Å². The van der Waals surface area contributed by atoms with E-state index >= 15 is 0 Å². The van der Waals surface area contributed by atoms with Crippen molar-refractivity contribution >= 4 is 23.7 Å². The van der Waals surface area contributed by atoms with Gasteiger partial charge in [-0.25, -0.2) is 5.43 Å². The third kappa shape index (κ3) is 3.59. The van der Waals surface area contributed by atoms with Gasteiger partial charge in [-0.2, -0.15) is 5.10 Å². The lowest BCUT2D eigenvalue weighted by molar-refractivity contribution is 0.0952. The molecule has 0 aromatic heterocycles. The number of hydrogen-bond acceptors (Lipinski definition) is 3. The molecule has 0 spiro atoms. The molecule has 0 saturated heterocycles. The number of rotatable bonds is 4. The fourth-order valence-corrected chi connectivity index (χ4v) is 1.84. The van der Waals surface area contributed by atoms with Gasteiger partial charge >= 0.3 is 0 Å². The van der Waals surface area contributed by atoms with Gasteiger partial charge in [-0.1, -0.05) is 35.9 Å². The van der Waals surface area contributed by atoms with E-state index < -0.39 is 0 Å². The molecule has 0 fully saturated rings. The summed E-state index contributed by atoms with van der Waals surface area (Å²) in [7, 11) is 1.52. The van der Waals surface area contributed by atoms with Crippen LogP contribution < -0.4 is 10.2 Å². The van der Waals surface area contributed by atoms with Gasteiger partial charge in [0.05, 0.1) is 18.9 Å². The predicted octanol–water partition coefficient (Wildman–Crippen LogP) is 3.11. The second-order valence-corrected chi connectivity index (χ2v) is 4.39. The normalized spacial score (nSPS) is 10.5. The largest absolute Gasteiger partial charge is 0.496 e. The van der Waals surface area contributed by atoms with Crippen molar-refractivity contribution in [2.75, 3.05) is 7.11 Å². The van der Waals surface area contributed by atoms with Crippen LogP contribution >= 0.6 is 11.6 Å². The molecule has 2 rings (SSSR count). The molecule has 20 heavy (non-hydrogen) atoms. The van der Waals surface area contributed by atoms with Crippen LogP contribution in [0, 0.1) is 0 Å². The summed E-state index contributed by atoms with van der Waals surface area (Å²) in [5.41, 5.74) is 3.68. The summed E-state index contributed by atoms with van der Waals surface area (Å²) in [5, 5.41) is 4.51. The Morgan fingerprint density at radius 3 is 2.80 bits per heavy atom. The Morgan fingerprint density at radius 2 is 2.05 bits per heavy atom. The second kappa shape index (κ2) is 6.73. The SMILES string of the molecule is COc1ccccc1C(=O)NN=Cc1cccc(Cl)c1. The van der Waals surface area contributed by atoms with Crippen molar-refractivity contribution < 1.29 is 9.53 Å². The topological polar surface area (TPSA) is 50.7 Å². The Hall–Kier alpha value is -2.33. The van der Waals surface area contributed by atoms with Crippen molar-refractivity contribution in [3.63, 3.8) is 0 Å². The first-order chi connectivity index (χ1) is 9.70. The number of benzene rings is 2. The number of nitrogens with zero attached hydrogens (tertiary/aromatic N) is 1. The van der Waals surface area contributed by atoms with Gasteiger partial charge < -0.3 is 4.74 Å². The molecule has 0 heterocycles. The quantitative estimate of drug-likeness (QED) is 0.694. The maximum atomic E-state index is 12.0. The Kier molecular flexibility index (Phi) is 4.74. The highest BCUT2D eigenvalue weighted by molar-refractivity contribution is 6.30. The van der Waals surface area contributed by atoms with Crippen molar-refractivity contribution in [1.82, 2.24) is 5.43 Å². The number of ether oxygens (including phenoxy) is 1. The lowest BCUT2D eigenvalue weighted by Gasteiger charge is -2.05. The van der Waals surface area contributed by atoms with E-state index in [0.717, 1.165) is 5.56 Å². The van der Waals surface area contributed by atoms with Gasteiger partial charge in [-0.3, -0.25) is 4.79 Å². The minimum Gasteiger partial charge on any atom is -0.496 e. The zero-order chi connectivity index (χ0) is 14.4. The highest BCUT2D eigenvalue weighted by Crippen LogP contribution is 2.16. The summed E-state index contributed by atoms with van der Waals surface area (Å²) in [4.78, 5) is 12.0. The van der Waals surface area contributed by atoms with E-state index in [9.17, 15) is 4.79 Å². The molecule has 0 aliphatic heterocycles. The predicted molar refractivity (Wildman–Crippen MR) is 79.5 cm³/mol. The van der Waals surface area contributed by atoms with Crippen molar-refractivity contribution in [3.8, 4) is 5.75 Å². The number of carbonyl (C=O) groups excluding carboxylic acids is 1. The van der Waals surface area contributed by atoms with Gasteiger partial charge in [0.1, 0.15) is 5.75 Å². The number of methoxy groups -OCH3 is 1. The van der Waals surface area contributed by atoms with Crippen LogP contribution in [-0.2, 0) is 0 Å². The third-order valence-corrected chi connectivity index (χ3v) is 2.82. The summed E-state index contributed by atoms with van der Waals surface area (Å²) in [6.07, 6.45) is 1.53. The summed E-state index contributed by atoms with van der Waals surface area (Å²) in [5.74, 6) is 0.170. The molecule has 102 valence electrons. The number of hydrogen-bond donors (Lipinski definition) is 1. The second-order valence-electron chi connectivity index (χ2n) is 3.95. The van der Waals surface area contributed by atoms with Crippen LogP contribution in [0.4, 0.5) is 0 Å². The molecule has 0 saturated carbocycles. The fourth-order valence-electron chi connectivity index (χ4n) is 1.64. The standard InChI is InChI=1S/C15H13ClN2O2/c1-20-14-8-3-2-7-13(14)15(19)18-17-10-11-5-4-6-12(16)9-11/h2-10H,1H3,(H,18,19). The molecule has 1 N–H and O–H groups in total. The monoisotopic (exact) mass is 288 g/mol. The number of nitrogens with one attached hydrogen (secondary N) is 1. The van der Waals surface area contributed by atoms with Gasteiger partial charge in [0.2, 0.25) is 0 Å². The molecule has 0 aliphatic rings. The van der Waals surface area contributed by atoms with Crippen LogP contribution in [-0.4, -0.2) is 19.2 Å². The molecule has 2 aromatic rings. The Bertz CT molecular complexity index is 641. The lowest BCUT2D eigenvalue weighted by atomic mass is 10.2. The fraction of sp³-hybridized carbons (Fsp3) is 0.0667. The van der Waals surface area contributed by atoms with Crippen LogP contribution in [0.2, 0.25) is 5.02 Å². The summed E-state index contributed by atoms with van der Waals surface area (Å²) < 4.78 is 5.12. The Balaban J connectivity index is 2.05. The molecule has 2 aromatic carbocycles. The van der Waals surface area contributed by atoms with Crippen molar-refractivity contribution in [3.05, 3.63) is 64.7 Å². The number of halogens is 1. The van der Waals surface area contributed by atoms with Crippen LogP contribution in [0.1, 0.15) is 15.9 Å². The number of carbonyl (C=O) groups is 1. The summed E-state index contributed by atoms with van der Waals surface area (Å²) in [6.45, 7) is 0. The first-order valence-corrected chi connectivity index (χ1v) is 6.30. The molecular formula is C15H13ClN2O2. The number of hydrazone groups is 1. The minimum absolute atomic E-state index is 0.333. The average molecular weight is 289 g/mol. The van der Waals surface area contributed by atoms with E-state index in [0.29, 0.717) is 16.3 Å². The van der Waals surface area contributed by atoms with Crippen LogP contribution in [0.3, 0.4) is 0 Å². The Morgan fingerprint density at radius 1 is 1.25 bits per heavy atom.